The van der Waals surface area contributed by atoms with Crippen molar-refractivity contribution in [1.29, 1.82) is 0 Å². The molecule has 0 aliphatic carbocycles. The first-order valence-electron chi connectivity index (χ1n) is 6.10. The monoisotopic (exact) mass is 260 g/mol. The lowest BCUT2D eigenvalue weighted by atomic mass is 10.2. The molecular weight excluding hydrogens is 244 g/mol. The van der Waals surface area contributed by atoms with E-state index in [0.29, 0.717) is 18.5 Å². The average Bonchev–Trinajstić information content (AvgIpc) is 2.42. The van der Waals surface area contributed by atoms with Gasteiger partial charge in [0.2, 0.25) is 0 Å². The highest BCUT2D eigenvalue weighted by Crippen LogP contribution is 2.11. The van der Waals surface area contributed by atoms with Gasteiger partial charge in [0.1, 0.15) is 5.82 Å². The minimum atomic E-state index is -0.409. The summed E-state index contributed by atoms with van der Waals surface area (Å²) in [5.74, 6) is 0.721. The number of nitrogens with one attached hydrogen (secondary N) is 2. The summed E-state index contributed by atoms with van der Waals surface area (Å²) in [5, 5.41) is 2.98. The number of pyridine rings is 1. The zero-order valence-corrected chi connectivity index (χ0v) is 10.9. The van der Waals surface area contributed by atoms with Gasteiger partial charge in [-0.05, 0) is 12.5 Å². The molecule has 19 heavy (non-hydrogen) atoms. The van der Waals surface area contributed by atoms with Crippen LogP contribution >= 0.6 is 0 Å². The SMILES string of the molecule is CCc1cn(Cc2cccnc2NC)c(=O)[nH]c1=O. The van der Waals surface area contributed by atoms with Crippen molar-refractivity contribution in [1.82, 2.24) is 14.5 Å². The molecule has 0 radical (unpaired) electrons. The molecule has 0 atom stereocenters. The summed E-state index contributed by atoms with van der Waals surface area (Å²) in [6.07, 6.45) is 3.87. The number of aryl methyl sites for hydroxylation is 1. The van der Waals surface area contributed by atoms with Gasteiger partial charge in [0.15, 0.2) is 0 Å². The Balaban J connectivity index is 2.43. The van der Waals surface area contributed by atoms with Gasteiger partial charge in [0.25, 0.3) is 5.56 Å². The van der Waals surface area contributed by atoms with Gasteiger partial charge in [-0.1, -0.05) is 13.0 Å². The Hall–Kier alpha value is -2.37. The Kier molecular flexibility index (Phi) is 3.79. The largest absolute Gasteiger partial charge is 0.373 e. The molecule has 6 heteroatoms. The third kappa shape index (κ3) is 2.73. The molecule has 0 spiro atoms. The summed E-state index contributed by atoms with van der Waals surface area (Å²) in [7, 11) is 1.78. The number of rotatable bonds is 4. The summed E-state index contributed by atoms with van der Waals surface area (Å²) in [6, 6.07) is 3.70. The molecule has 2 rings (SSSR count). The maximum absolute atomic E-state index is 11.8. The number of H-pyrrole nitrogens is 1. The molecule has 0 aliphatic heterocycles. The lowest BCUT2D eigenvalue weighted by molar-refractivity contribution is 0.707. The van der Waals surface area contributed by atoms with Gasteiger partial charge in [-0.25, -0.2) is 9.78 Å². The second-order valence-corrected chi connectivity index (χ2v) is 4.16. The zero-order chi connectivity index (χ0) is 13.8. The molecule has 0 amide bonds. The average molecular weight is 260 g/mol. The van der Waals surface area contributed by atoms with Crippen molar-refractivity contribution < 1.29 is 0 Å². The van der Waals surface area contributed by atoms with E-state index in [1.165, 1.54) is 4.57 Å². The van der Waals surface area contributed by atoms with Gasteiger partial charge in [0.05, 0.1) is 6.54 Å². The van der Waals surface area contributed by atoms with Crippen LogP contribution in [0.4, 0.5) is 5.82 Å². The first-order valence-corrected chi connectivity index (χ1v) is 6.10. The number of hydrogen-bond acceptors (Lipinski definition) is 4. The minimum Gasteiger partial charge on any atom is -0.373 e. The first-order chi connectivity index (χ1) is 9.15. The lowest BCUT2D eigenvalue weighted by Gasteiger charge is -2.10. The van der Waals surface area contributed by atoms with E-state index in [0.717, 1.165) is 11.4 Å². The number of aromatic amines is 1. The molecule has 0 bridgehead atoms. The van der Waals surface area contributed by atoms with Crippen molar-refractivity contribution in [2.24, 2.45) is 0 Å². The molecular formula is C13H16N4O2. The summed E-state index contributed by atoms with van der Waals surface area (Å²) in [5.41, 5.74) is 0.757. The van der Waals surface area contributed by atoms with E-state index in [1.54, 1.807) is 19.4 Å². The van der Waals surface area contributed by atoms with Crippen LogP contribution in [0.25, 0.3) is 0 Å². The molecule has 6 nitrogen and oxygen atoms in total. The van der Waals surface area contributed by atoms with Gasteiger partial charge in [-0.2, -0.15) is 0 Å². The van der Waals surface area contributed by atoms with Gasteiger partial charge in [-0.15, -0.1) is 0 Å². The number of anilines is 1. The van der Waals surface area contributed by atoms with Crippen molar-refractivity contribution in [3.63, 3.8) is 0 Å². The first kappa shape index (κ1) is 13.1. The highest BCUT2D eigenvalue weighted by molar-refractivity contribution is 5.43. The van der Waals surface area contributed by atoms with Crippen LogP contribution in [-0.4, -0.2) is 21.6 Å². The second-order valence-electron chi connectivity index (χ2n) is 4.16. The molecule has 100 valence electrons. The van der Waals surface area contributed by atoms with E-state index < -0.39 is 5.69 Å². The number of nitrogens with zero attached hydrogens (tertiary/aromatic N) is 2. The van der Waals surface area contributed by atoms with Crippen molar-refractivity contribution in [2.75, 3.05) is 12.4 Å². The molecule has 0 saturated carbocycles. The third-order valence-corrected chi connectivity index (χ3v) is 2.93. The highest BCUT2D eigenvalue weighted by atomic mass is 16.2. The smallest absolute Gasteiger partial charge is 0.328 e. The number of hydrogen-bond donors (Lipinski definition) is 2. The van der Waals surface area contributed by atoms with E-state index in [-0.39, 0.29) is 5.56 Å². The van der Waals surface area contributed by atoms with Crippen LogP contribution in [-0.2, 0) is 13.0 Å². The van der Waals surface area contributed by atoms with Crippen molar-refractivity contribution in [2.45, 2.75) is 19.9 Å². The predicted octanol–water partition coefficient (Wildman–Crippen LogP) is 0.584. The van der Waals surface area contributed by atoms with Crippen molar-refractivity contribution in [3.8, 4) is 0 Å². The van der Waals surface area contributed by atoms with Crippen LogP contribution < -0.4 is 16.6 Å². The molecule has 2 N–H and O–H groups in total. The van der Waals surface area contributed by atoms with Crippen molar-refractivity contribution >= 4 is 5.82 Å². The summed E-state index contributed by atoms with van der Waals surface area (Å²) < 4.78 is 1.48. The Morgan fingerprint density at radius 1 is 1.37 bits per heavy atom. The third-order valence-electron chi connectivity index (χ3n) is 2.93. The molecule has 2 aromatic heterocycles. The minimum absolute atomic E-state index is 0.316. The van der Waals surface area contributed by atoms with E-state index in [9.17, 15) is 9.59 Å². The Labute approximate surface area is 110 Å². The van der Waals surface area contributed by atoms with Crippen LogP contribution in [0.1, 0.15) is 18.1 Å². The van der Waals surface area contributed by atoms with Gasteiger partial charge >= 0.3 is 5.69 Å². The predicted molar refractivity (Wildman–Crippen MR) is 73.6 cm³/mol. The van der Waals surface area contributed by atoms with Crippen LogP contribution in [0.2, 0.25) is 0 Å². The van der Waals surface area contributed by atoms with Gasteiger partial charge in [0, 0.05) is 30.6 Å². The molecule has 2 heterocycles. The van der Waals surface area contributed by atoms with Crippen LogP contribution in [0.15, 0.2) is 34.1 Å². The fourth-order valence-corrected chi connectivity index (χ4v) is 1.90. The van der Waals surface area contributed by atoms with Crippen LogP contribution in [0.5, 0.6) is 0 Å². The summed E-state index contributed by atoms with van der Waals surface area (Å²) in [6.45, 7) is 2.25. The molecule has 0 unspecified atom stereocenters. The fourth-order valence-electron chi connectivity index (χ4n) is 1.90. The molecule has 0 aromatic carbocycles. The summed E-state index contributed by atoms with van der Waals surface area (Å²) >= 11 is 0. The van der Waals surface area contributed by atoms with E-state index >= 15 is 0 Å². The second kappa shape index (κ2) is 5.51. The summed E-state index contributed by atoms with van der Waals surface area (Å²) in [4.78, 5) is 29.8. The highest BCUT2D eigenvalue weighted by Gasteiger charge is 2.06. The van der Waals surface area contributed by atoms with Gasteiger partial charge < -0.3 is 5.32 Å². The fraction of sp³-hybridized carbons (Fsp3) is 0.308. The normalized spacial score (nSPS) is 10.4. The van der Waals surface area contributed by atoms with E-state index in [4.69, 9.17) is 0 Å². The molecule has 0 aliphatic rings. The van der Waals surface area contributed by atoms with E-state index in [1.807, 2.05) is 19.1 Å². The Bertz CT molecular complexity index is 688. The topological polar surface area (TPSA) is 79.8 Å². The quantitative estimate of drug-likeness (QED) is 0.843. The van der Waals surface area contributed by atoms with Gasteiger partial charge in [-0.3, -0.25) is 14.3 Å². The molecule has 0 fully saturated rings. The maximum Gasteiger partial charge on any atom is 0.328 e. The molecule has 2 aromatic rings. The standard InChI is InChI=1S/C13H16N4O2/c1-3-9-7-17(13(19)16-12(9)18)8-10-5-4-6-15-11(10)14-2/h4-7H,3,8H2,1-2H3,(H,14,15)(H,16,18,19). The van der Waals surface area contributed by atoms with Crippen molar-refractivity contribution in [3.05, 3.63) is 56.5 Å². The van der Waals surface area contributed by atoms with E-state index in [2.05, 4.69) is 15.3 Å². The zero-order valence-electron chi connectivity index (χ0n) is 10.9. The van der Waals surface area contributed by atoms with Crippen LogP contribution in [0, 0.1) is 0 Å². The number of aromatic nitrogens is 3. The molecule has 0 saturated heterocycles. The Morgan fingerprint density at radius 2 is 2.16 bits per heavy atom. The Morgan fingerprint density at radius 3 is 2.84 bits per heavy atom. The maximum atomic E-state index is 11.8. The lowest BCUT2D eigenvalue weighted by Crippen LogP contribution is -2.32. The van der Waals surface area contributed by atoms with Crippen LogP contribution in [0.3, 0.4) is 0 Å².